The number of sulfonamides is 1. The standard InChI is InChI=1S/C17H24ClFN4O3S2/c18-13-9-16(28(25,26)23-17-22-7-8-27-17)14(19)10-15(13)21-6-4-2-1-3-5-12(24)11-20/h7-10,12,21,24H,1-6,11,20H2,(H,22,23)/t12-/m0/s1. The van der Waals surface area contributed by atoms with Gasteiger partial charge in [0.1, 0.15) is 10.7 Å². The second-order valence-corrected chi connectivity index (χ2v) is 9.18. The highest BCUT2D eigenvalue weighted by atomic mass is 35.5. The number of halogens is 2. The first-order valence-corrected chi connectivity index (χ1v) is 11.6. The van der Waals surface area contributed by atoms with Crippen LogP contribution in [0.3, 0.4) is 0 Å². The van der Waals surface area contributed by atoms with Crippen molar-refractivity contribution in [3.8, 4) is 0 Å². The van der Waals surface area contributed by atoms with Gasteiger partial charge in [-0.3, -0.25) is 4.72 Å². The number of rotatable bonds is 12. The van der Waals surface area contributed by atoms with Gasteiger partial charge < -0.3 is 16.2 Å². The number of nitrogens with one attached hydrogen (secondary N) is 2. The second-order valence-electron chi connectivity index (χ2n) is 6.22. The molecule has 0 spiro atoms. The SMILES string of the molecule is NC[C@@H](O)CCCCCCNc1cc(F)c(S(=O)(=O)Nc2nccs2)cc1Cl. The van der Waals surface area contributed by atoms with Gasteiger partial charge in [-0.15, -0.1) is 11.3 Å². The third kappa shape index (κ3) is 6.85. The minimum atomic E-state index is -4.12. The van der Waals surface area contributed by atoms with Crippen molar-refractivity contribution >= 4 is 43.8 Å². The van der Waals surface area contributed by atoms with Crippen LogP contribution < -0.4 is 15.8 Å². The van der Waals surface area contributed by atoms with Crippen LogP contribution in [0.1, 0.15) is 32.1 Å². The van der Waals surface area contributed by atoms with Crippen molar-refractivity contribution in [3.05, 3.63) is 34.5 Å². The van der Waals surface area contributed by atoms with Crippen LogP contribution in [0.5, 0.6) is 0 Å². The second kappa shape index (κ2) is 10.9. The molecule has 1 aromatic heterocycles. The first-order chi connectivity index (χ1) is 13.3. The van der Waals surface area contributed by atoms with Gasteiger partial charge in [-0.1, -0.05) is 30.9 Å². The van der Waals surface area contributed by atoms with E-state index in [4.69, 9.17) is 17.3 Å². The predicted octanol–water partition coefficient (Wildman–Crippen LogP) is 3.42. The van der Waals surface area contributed by atoms with E-state index >= 15 is 0 Å². The Morgan fingerprint density at radius 2 is 2.04 bits per heavy atom. The summed E-state index contributed by atoms with van der Waals surface area (Å²) in [5.74, 6) is -0.897. The molecule has 0 fully saturated rings. The zero-order chi connectivity index (χ0) is 20.6. The Labute approximate surface area is 173 Å². The number of aromatic nitrogens is 1. The van der Waals surface area contributed by atoms with Crippen LogP contribution >= 0.6 is 22.9 Å². The molecule has 0 bridgehead atoms. The van der Waals surface area contributed by atoms with Crippen LogP contribution in [-0.4, -0.2) is 37.7 Å². The highest BCUT2D eigenvalue weighted by Gasteiger charge is 2.22. The third-order valence-electron chi connectivity index (χ3n) is 4.02. The van der Waals surface area contributed by atoms with E-state index in [9.17, 15) is 17.9 Å². The summed E-state index contributed by atoms with van der Waals surface area (Å²) in [6.45, 7) is 0.846. The molecule has 0 aliphatic carbocycles. The van der Waals surface area contributed by atoms with E-state index < -0.39 is 26.8 Å². The molecular formula is C17H24ClFN4O3S2. The summed E-state index contributed by atoms with van der Waals surface area (Å²) in [5, 5.41) is 14.3. The molecule has 0 saturated carbocycles. The van der Waals surface area contributed by atoms with Gasteiger partial charge in [0.15, 0.2) is 5.13 Å². The molecule has 2 rings (SSSR count). The average molecular weight is 451 g/mol. The van der Waals surface area contributed by atoms with E-state index in [0.29, 0.717) is 18.7 Å². The topological polar surface area (TPSA) is 117 Å². The van der Waals surface area contributed by atoms with E-state index in [1.165, 1.54) is 6.20 Å². The zero-order valence-electron chi connectivity index (χ0n) is 15.2. The molecule has 0 aliphatic heterocycles. The summed E-state index contributed by atoms with van der Waals surface area (Å²) >= 11 is 7.22. The van der Waals surface area contributed by atoms with E-state index in [-0.39, 0.29) is 16.7 Å². The van der Waals surface area contributed by atoms with Crippen molar-refractivity contribution in [3.63, 3.8) is 0 Å². The van der Waals surface area contributed by atoms with Gasteiger partial charge in [-0.25, -0.2) is 17.8 Å². The number of unbranched alkanes of at least 4 members (excludes halogenated alkanes) is 3. The lowest BCUT2D eigenvalue weighted by Crippen LogP contribution is -2.19. The molecule has 28 heavy (non-hydrogen) atoms. The maximum absolute atomic E-state index is 14.4. The zero-order valence-corrected chi connectivity index (χ0v) is 17.6. The predicted molar refractivity (Wildman–Crippen MR) is 111 cm³/mol. The van der Waals surface area contributed by atoms with E-state index in [2.05, 4.69) is 15.0 Å². The number of benzene rings is 1. The summed E-state index contributed by atoms with van der Waals surface area (Å²) < 4.78 is 41.2. The lowest BCUT2D eigenvalue weighted by Gasteiger charge is -2.12. The van der Waals surface area contributed by atoms with Crippen molar-refractivity contribution in [1.29, 1.82) is 0 Å². The normalized spacial score (nSPS) is 12.7. The fraction of sp³-hybridized carbons (Fsp3) is 0.471. The number of hydrogen-bond acceptors (Lipinski definition) is 7. The molecule has 0 aliphatic rings. The Hall–Kier alpha value is -1.46. The van der Waals surface area contributed by atoms with Crippen molar-refractivity contribution < 1.29 is 17.9 Å². The molecule has 1 atom stereocenters. The number of hydrogen-bond donors (Lipinski definition) is 4. The molecule has 156 valence electrons. The van der Waals surface area contributed by atoms with Gasteiger partial charge in [0.2, 0.25) is 0 Å². The minimum absolute atomic E-state index is 0.118. The molecule has 0 unspecified atom stereocenters. The van der Waals surface area contributed by atoms with Crippen LogP contribution in [0.4, 0.5) is 15.2 Å². The van der Waals surface area contributed by atoms with Crippen LogP contribution in [0.2, 0.25) is 5.02 Å². The van der Waals surface area contributed by atoms with E-state index in [1.807, 2.05) is 0 Å². The summed E-state index contributed by atoms with van der Waals surface area (Å²) in [6.07, 6.45) is 5.31. The van der Waals surface area contributed by atoms with Crippen LogP contribution in [-0.2, 0) is 10.0 Å². The van der Waals surface area contributed by atoms with Crippen LogP contribution in [0.15, 0.2) is 28.6 Å². The summed E-state index contributed by atoms with van der Waals surface area (Å²) in [4.78, 5) is 3.29. The highest BCUT2D eigenvalue weighted by molar-refractivity contribution is 7.93. The molecule has 1 aromatic carbocycles. The minimum Gasteiger partial charge on any atom is -0.392 e. The third-order valence-corrected chi connectivity index (χ3v) is 6.50. The van der Waals surface area contributed by atoms with Crippen molar-refractivity contribution in [2.24, 2.45) is 5.73 Å². The molecule has 5 N–H and O–H groups in total. The molecule has 0 saturated heterocycles. The lowest BCUT2D eigenvalue weighted by atomic mass is 10.1. The van der Waals surface area contributed by atoms with Gasteiger partial charge in [-0.05, 0) is 25.0 Å². The van der Waals surface area contributed by atoms with E-state index in [0.717, 1.165) is 49.2 Å². The number of aliphatic hydroxyl groups is 1. The monoisotopic (exact) mass is 450 g/mol. The van der Waals surface area contributed by atoms with Gasteiger partial charge in [-0.2, -0.15) is 0 Å². The maximum Gasteiger partial charge on any atom is 0.266 e. The fourth-order valence-corrected chi connectivity index (χ4v) is 4.68. The number of nitrogens with two attached hydrogens (primary N) is 1. The Morgan fingerprint density at radius 3 is 2.71 bits per heavy atom. The first-order valence-electron chi connectivity index (χ1n) is 8.87. The molecule has 1 heterocycles. The number of aliphatic hydroxyl groups excluding tert-OH is 1. The summed E-state index contributed by atoms with van der Waals surface area (Å²) in [6, 6.07) is 2.17. The van der Waals surface area contributed by atoms with E-state index in [1.54, 1.807) is 5.38 Å². The highest BCUT2D eigenvalue weighted by Crippen LogP contribution is 2.29. The molecule has 11 heteroatoms. The number of nitrogens with zero attached hydrogens (tertiary/aromatic N) is 1. The smallest absolute Gasteiger partial charge is 0.266 e. The number of thiazole rings is 1. The Balaban J connectivity index is 1.87. The van der Waals surface area contributed by atoms with Crippen molar-refractivity contribution in [2.75, 3.05) is 23.1 Å². The Bertz CT molecular complexity index is 850. The van der Waals surface area contributed by atoms with Gasteiger partial charge in [0.25, 0.3) is 10.0 Å². The molecule has 0 radical (unpaired) electrons. The largest absolute Gasteiger partial charge is 0.392 e. The summed E-state index contributed by atoms with van der Waals surface area (Å²) in [7, 11) is -4.12. The maximum atomic E-state index is 14.4. The van der Waals surface area contributed by atoms with Gasteiger partial charge >= 0.3 is 0 Å². The fourth-order valence-electron chi connectivity index (χ4n) is 2.51. The van der Waals surface area contributed by atoms with Crippen molar-refractivity contribution in [2.45, 2.75) is 43.1 Å². The van der Waals surface area contributed by atoms with Crippen LogP contribution in [0.25, 0.3) is 0 Å². The molecular weight excluding hydrogens is 427 g/mol. The van der Waals surface area contributed by atoms with Gasteiger partial charge in [0, 0.05) is 24.7 Å². The quantitative estimate of drug-likeness (QED) is 0.368. The van der Waals surface area contributed by atoms with Gasteiger partial charge in [0.05, 0.1) is 16.8 Å². The molecule has 0 amide bonds. The van der Waals surface area contributed by atoms with Crippen molar-refractivity contribution in [1.82, 2.24) is 4.98 Å². The first kappa shape index (κ1) is 22.8. The molecule has 7 nitrogen and oxygen atoms in total. The number of anilines is 2. The average Bonchev–Trinajstić information content (AvgIpc) is 3.15. The Morgan fingerprint density at radius 1 is 1.29 bits per heavy atom. The lowest BCUT2D eigenvalue weighted by molar-refractivity contribution is 0.169. The molecule has 2 aromatic rings. The summed E-state index contributed by atoms with van der Waals surface area (Å²) in [5.41, 5.74) is 5.69. The van der Waals surface area contributed by atoms with Crippen LogP contribution in [0, 0.1) is 5.82 Å². The Kier molecular flexibility index (Phi) is 8.90.